The molecule has 0 aliphatic carbocycles. The molecule has 0 spiro atoms. The number of aromatic amines is 1. The molecule has 0 saturated heterocycles. The molecule has 1 atom stereocenters. The number of amides is 1. The number of hydrogen-bond donors (Lipinski definition) is 3. The summed E-state index contributed by atoms with van der Waals surface area (Å²) >= 11 is 0. The second-order valence-corrected chi connectivity index (χ2v) is 4.92. The molecule has 1 aromatic rings. The largest absolute Gasteiger partial charge is 0.499 e. The van der Waals surface area contributed by atoms with Crippen LogP contribution in [0.15, 0.2) is 23.5 Å². The summed E-state index contributed by atoms with van der Waals surface area (Å²) in [6.07, 6.45) is 3.74. The van der Waals surface area contributed by atoms with Gasteiger partial charge in [0.1, 0.15) is 0 Å². The van der Waals surface area contributed by atoms with Gasteiger partial charge in [0.2, 0.25) is 12.2 Å². The van der Waals surface area contributed by atoms with Crippen LogP contribution in [-0.2, 0) is 9.63 Å². The van der Waals surface area contributed by atoms with E-state index in [9.17, 15) is 19.8 Å². The standard InChI is InChI=1S/C13H18N4O5/c1-3-4-22-16(8-18)9-5-10(7-15(2)6-9)17-13(21)11(19)12(20)14-17/h3,5,8-9,19,21H,1,4,6-7H2,2H3,(H,14,20). The summed E-state index contributed by atoms with van der Waals surface area (Å²) in [6, 6.07) is -0.418. The lowest BCUT2D eigenvalue weighted by Gasteiger charge is -2.33. The Morgan fingerprint density at radius 3 is 2.86 bits per heavy atom. The second kappa shape index (κ2) is 6.50. The number of aromatic hydroxyl groups is 2. The van der Waals surface area contributed by atoms with Gasteiger partial charge in [-0.1, -0.05) is 6.08 Å². The third-order valence-electron chi connectivity index (χ3n) is 3.23. The van der Waals surface area contributed by atoms with Crippen molar-refractivity contribution in [3.8, 4) is 11.6 Å². The van der Waals surface area contributed by atoms with E-state index in [0.29, 0.717) is 25.2 Å². The summed E-state index contributed by atoms with van der Waals surface area (Å²) in [5, 5.41) is 22.6. The van der Waals surface area contributed by atoms with E-state index < -0.39 is 23.2 Å². The molecule has 1 aliphatic rings. The van der Waals surface area contributed by atoms with Crippen LogP contribution in [0.3, 0.4) is 0 Å². The molecule has 9 heteroatoms. The minimum atomic E-state index is -0.793. The highest BCUT2D eigenvalue weighted by atomic mass is 16.7. The molecule has 3 N–H and O–H groups in total. The molecule has 1 aliphatic heterocycles. The summed E-state index contributed by atoms with van der Waals surface area (Å²) in [5.74, 6) is -1.32. The molecule has 0 aromatic carbocycles. The van der Waals surface area contributed by atoms with Gasteiger partial charge in [-0.25, -0.2) is 9.75 Å². The van der Waals surface area contributed by atoms with Gasteiger partial charge < -0.3 is 10.2 Å². The zero-order valence-electron chi connectivity index (χ0n) is 12.1. The summed E-state index contributed by atoms with van der Waals surface area (Å²) in [4.78, 5) is 29.7. The Balaban J connectivity index is 2.33. The zero-order chi connectivity index (χ0) is 16.3. The number of likely N-dealkylation sites (N-methyl/N-ethyl adjacent to an activating group) is 1. The number of carbonyl (C=O) groups excluding carboxylic acids is 1. The number of hydrogen-bond acceptors (Lipinski definition) is 6. The van der Waals surface area contributed by atoms with Crippen molar-refractivity contribution in [2.24, 2.45) is 0 Å². The van der Waals surface area contributed by atoms with Crippen LogP contribution in [0.25, 0.3) is 5.70 Å². The lowest BCUT2D eigenvalue weighted by molar-refractivity contribution is -0.177. The third-order valence-corrected chi connectivity index (χ3v) is 3.23. The normalized spacial score (nSPS) is 18.8. The van der Waals surface area contributed by atoms with E-state index in [2.05, 4.69) is 11.7 Å². The Hall–Kier alpha value is -2.52. The first-order chi connectivity index (χ1) is 10.5. The van der Waals surface area contributed by atoms with Crippen molar-refractivity contribution in [3.63, 3.8) is 0 Å². The average molecular weight is 310 g/mol. The average Bonchev–Trinajstić information content (AvgIpc) is 2.75. The molecule has 9 nitrogen and oxygen atoms in total. The molecule has 2 heterocycles. The van der Waals surface area contributed by atoms with E-state index >= 15 is 0 Å². The number of aromatic nitrogens is 2. The van der Waals surface area contributed by atoms with Crippen LogP contribution in [0.5, 0.6) is 11.6 Å². The fourth-order valence-corrected chi connectivity index (χ4v) is 2.25. The van der Waals surface area contributed by atoms with Crippen LogP contribution >= 0.6 is 0 Å². The highest BCUT2D eigenvalue weighted by Gasteiger charge is 2.26. The number of nitrogens with one attached hydrogen (secondary N) is 1. The number of nitrogens with zero attached hydrogens (tertiary/aromatic N) is 3. The minimum absolute atomic E-state index is 0.175. The van der Waals surface area contributed by atoms with Crippen molar-refractivity contribution in [1.29, 1.82) is 0 Å². The summed E-state index contributed by atoms with van der Waals surface area (Å²) in [6.45, 7) is 4.61. The van der Waals surface area contributed by atoms with E-state index in [1.54, 1.807) is 6.08 Å². The molecule has 22 heavy (non-hydrogen) atoms. The van der Waals surface area contributed by atoms with Crippen LogP contribution < -0.4 is 5.56 Å². The lowest BCUT2D eigenvalue weighted by Crippen LogP contribution is -2.45. The Morgan fingerprint density at radius 1 is 1.59 bits per heavy atom. The van der Waals surface area contributed by atoms with Crippen LogP contribution in [-0.4, -0.2) is 69.2 Å². The molecule has 0 fully saturated rings. The van der Waals surface area contributed by atoms with Gasteiger partial charge in [0.25, 0.3) is 5.88 Å². The zero-order valence-corrected chi connectivity index (χ0v) is 12.1. The number of rotatable bonds is 6. The predicted molar refractivity (Wildman–Crippen MR) is 78.0 cm³/mol. The molecule has 0 saturated carbocycles. The first-order valence-corrected chi connectivity index (χ1v) is 6.58. The van der Waals surface area contributed by atoms with Gasteiger partial charge in [0, 0.05) is 13.1 Å². The Labute approximate surface area is 126 Å². The van der Waals surface area contributed by atoms with E-state index in [4.69, 9.17) is 4.84 Å². The van der Waals surface area contributed by atoms with Crippen LogP contribution in [0.4, 0.5) is 0 Å². The second-order valence-electron chi connectivity index (χ2n) is 4.92. The van der Waals surface area contributed by atoms with Gasteiger partial charge >= 0.3 is 5.56 Å². The first kappa shape index (κ1) is 15.9. The summed E-state index contributed by atoms with van der Waals surface area (Å²) in [5.41, 5.74) is -0.291. The van der Waals surface area contributed by atoms with Gasteiger partial charge in [0.05, 0.1) is 18.3 Å². The molecule has 2 rings (SSSR count). The Bertz CT molecular complexity index is 647. The van der Waals surface area contributed by atoms with Crippen molar-refractivity contribution in [1.82, 2.24) is 19.7 Å². The maximum absolute atomic E-state index is 11.4. The lowest BCUT2D eigenvalue weighted by atomic mass is 10.1. The van der Waals surface area contributed by atoms with Gasteiger partial charge in [-0.3, -0.25) is 24.4 Å². The minimum Gasteiger partial charge on any atom is -0.499 e. The predicted octanol–water partition coefficient (Wildman–Crippen LogP) is -0.682. The van der Waals surface area contributed by atoms with Gasteiger partial charge in [-0.05, 0) is 13.1 Å². The molecule has 1 unspecified atom stereocenters. The van der Waals surface area contributed by atoms with Gasteiger partial charge in [-0.15, -0.1) is 6.58 Å². The van der Waals surface area contributed by atoms with E-state index in [1.165, 1.54) is 6.08 Å². The molecule has 0 bridgehead atoms. The van der Waals surface area contributed by atoms with Crippen molar-refractivity contribution in [2.45, 2.75) is 6.04 Å². The Kier molecular flexibility index (Phi) is 4.68. The topological polar surface area (TPSA) is 111 Å². The van der Waals surface area contributed by atoms with Crippen molar-refractivity contribution in [2.75, 3.05) is 26.7 Å². The quantitative estimate of drug-likeness (QED) is 0.365. The van der Waals surface area contributed by atoms with Crippen LogP contribution in [0, 0.1) is 0 Å². The molecule has 120 valence electrons. The monoisotopic (exact) mass is 310 g/mol. The SMILES string of the molecule is C=CCON(C=O)C1C=C(n2[nH]c(=O)c(O)c2O)CN(C)C1. The fourth-order valence-electron chi connectivity index (χ4n) is 2.25. The van der Waals surface area contributed by atoms with Gasteiger partial charge in [-0.2, -0.15) is 0 Å². The highest BCUT2D eigenvalue weighted by molar-refractivity contribution is 5.55. The van der Waals surface area contributed by atoms with E-state index in [-0.39, 0.29) is 6.61 Å². The molecule has 1 amide bonds. The molecular weight excluding hydrogens is 292 g/mol. The fraction of sp³-hybridized carbons (Fsp3) is 0.385. The van der Waals surface area contributed by atoms with E-state index in [1.807, 2.05) is 11.9 Å². The maximum atomic E-state index is 11.4. The number of hydroxylamine groups is 2. The van der Waals surface area contributed by atoms with Gasteiger partial charge in [0.15, 0.2) is 0 Å². The Morgan fingerprint density at radius 2 is 2.32 bits per heavy atom. The first-order valence-electron chi connectivity index (χ1n) is 6.58. The van der Waals surface area contributed by atoms with Crippen molar-refractivity contribution >= 4 is 12.1 Å². The molecule has 1 aromatic heterocycles. The van der Waals surface area contributed by atoms with Crippen molar-refractivity contribution in [3.05, 3.63) is 29.1 Å². The smallest absolute Gasteiger partial charge is 0.310 e. The molecule has 0 radical (unpaired) electrons. The third kappa shape index (κ3) is 3.05. The maximum Gasteiger partial charge on any atom is 0.310 e. The number of H-pyrrole nitrogens is 1. The highest BCUT2D eigenvalue weighted by Crippen LogP contribution is 2.25. The summed E-state index contributed by atoms with van der Waals surface area (Å²) in [7, 11) is 1.81. The number of carbonyl (C=O) groups is 1. The van der Waals surface area contributed by atoms with Crippen molar-refractivity contribution < 1.29 is 19.8 Å². The summed E-state index contributed by atoms with van der Waals surface area (Å²) < 4.78 is 1.08. The van der Waals surface area contributed by atoms with Crippen LogP contribution in [0.1, 0.15) is 0 Å². The van der Waals surface area contributed by atoms with Crippen LogP contribution in [0.2, 0.25) is 0 Å². The molecular formula is C13H18N4O5. The van der Waals surface area contributed by atoms with E-state index in [0.717, 1.165) is 9.75 Å².